The predicted octanol–water partition coefficient (Wildman–Crippen LogP) is 4.13. The fourth-order valence-electron chi connectivity index (χ4n) is 4.19. The van der Waals surface area contributed by atoms with Crippen LogP contribution in [-0.4, -0.2) is 23.1 Å². The van der Waals surface area contributed by atoms with Gasteiger partial charge in [-0.15, -0.1) is 0 Å². The molecule has 0 spiro atoms. The fourth-order valence-corrected chi connectivity index (χ4v) is 4.19. The number of hydrogen-bond donors (Lipinski definition) is 2. The monoisotopic (exact) mass is 366 g/mol. The van der Waals surface area contributed by atoms with Crippen molar-refractivity contribution in [2.45, 2.75) is 18.4 Å². The molecule has 2 aromatic rings. The van der Waals surface area contributed by atoms with Gasteiger partial charge in [0.15, 0.2) is 0 Å². The summed E-state index contributed by atoms with van der Waals surface area (Å²) in [6.45, 7) is 0. The van der Waals surface area contributed by atoms with Crippen molar-refractivity contribution in [3.05, 3.63) is 75.4 Å². The number of nitrogens with zero attached hydrogens (tertiary/aromatic N) is 1. The minimum Gasteiger partial charge on any atom is -0.494 e. The number of hydrogen-bond acceptors (Lipinski definition) is 5. The number of nitro benzene ring substituents is 1. The van der Waals surface area contributed by atoms with Crippen LogP contribution in [0, 0.1) is 16.0 Å². The average Bonchev–Trinajstić information content (AvgIpc) is 3.16. The zero-order valence-electron chi connectivity index (χ0n) is 14.6. The molecule has 7 heteroatoms. The maximum Gasteiger partial charge on any atom is 0.336 e. The number of benzene rings is 2. The van der Waals surface area contributed by atoms with Gasteiger partial charge in [-0.25, -0.2) is 4.79 Å². The Kier molecular flexibility index (Phi) is 4.07. The van der Waals surface area contributed by atoms with Crippen LogP contribution in [0.2, 0.25) is 0 Å². The predicted molar refractivity (Wildman–Crippen MR) is 99.4 cm³/mol. The number of nitrogens with one attached hydrogen (secondary N) is 1. The molecule has 0 saturated carbocycles. The third-order valence-electron chi connectivity index (χ3n) is 5.37. The summed E-state index contributed by atoms with van der Waals surface area (Å²) in [6, 6.07) is 9.68. The summed E-state index contributed by atoms with van der Waals surface area (Å²) >= 11 is 0. The lowest BCUT2D eigenvalue weighted by molar-refractivity contribution is -0.385. The highest BCUT2D eigenvalue weighted by Gasteiger charge is 2.41. The molecule has 1 aliphatic carbocycles. The highest BCUT2D eigenvalue weighted by molar-refractivity contribution is 5.90. The number of rotatable bonds is 4. The van der Waals surface area contributed by atoms with Crippen molar-refractivity contribution in [1.82, 2.24) is 0 Å². The number of fused-ring (bicyclic) bond motifs is 3. The van der Waals surface area contributed by atoms with Gasteiger partial charge in [-0.2, -0.15) is 0 Å². The molecular formula is C20H18N2O5. The van der Waals surface area contributed by atoms with Gasteiger partial charge in [0, 0.05) is 12.0 Å². The molecule has 0 aromatic heterocycles. The van der Waals surface area contributed by atoms with E-state index in [0.717, 1.165) is 12.0 Å². The summed E-state index contributed by atoms with van der Waals surface area (Å²) < 4.78 is 5.41. The molecule has 7 nitrogen and oxygen atoms in total. The first-order valence-electron chi connectivity index (χ1n) is 8.63. The van der Waals surface area contributed by atoms with Gasteiger partial charge in [-0.05, 0) is 29.5 Å². The SMILES string of the molecule is COc1cc([N+](=O)[O-])cc2c1N[C@H](c1ccccc1C(=O)O)[C@H]1CC=C[C@H]21. The van der Waals surface area contributed by atoms with Crippen molar-refractivity contribution in [3.63, 3.8) is 0 Å². The maximum absolute atomic E-state index is 11.7. The average molecular weight is 366 g/mol. The van der Waals surface area contributed by atoms with Gasteiger partial charge in [-0.1, -0.05) is 30.4 Å². The number of nitro groups is 1. The first kappa shape index (κ1) is 17.1. The Hall–Kier alpha value is -3.35. The number of carboxylic acids is 1. The van der Waals surface area contributed by atoms with E-state index in [0.29, 0.717) is 17.0 Å². The topological polar surface area (TPSA) is 102 Å². The van der Waals surface area contributed by atoms with Crippen molar-refractivity contribution in [1.29, 1.82) is 0 Å². The lowest BCUT2D eigenvalue weighted by Crippen LogP contribution is -2.30. The van der Waals surface area contributed by atoms with Crippen LogP contribution in [0.1, 0.15) is 39.9 Å². The van der Waals surface area contributed by atoms with E-state index in [4.69, 9.17) is 4.74 Å². The molecule has 3 atom stereocenters. The number of anilines is 1. The first-order valence-corrected chi connectivity index (χ1v) is 8.63. The Labute approximate surface area is 155 Å². The molecule has 4 rings (SSSR count). The van der Waals surface area contributed by atoms with E-state index in [-0.39, 0.29) is 29.1 Å². The smallest absolute Gasteiger partial charge is 0.336 e. The first-order chi connectivity index (χ1) is 13.0. The molecule has 1 heterocycles. The van der Waals surface area contributed by atoms with Crippen molar-refractivity contribution in [3.8, 4) is 5.75 Å². The van der Waals surface area contributed by atoms with Crippen molar-refractivity contribution < 1.29 is 19.6 Å². The molecule has 0 bridgehead atoms. The van der Waals surface area contributed by atoms with Crippen LogP contribution in [0.5, 0.6) is 5.75 Å². The molecule has 138 valence electrons. The lowest BCUT2D eigenvalue weighted by Gasteiger charge is -2.38. The van der Waals surface area contributed by atoms with Gasteiger partial charge < -0.3 is 15.2 Å². The van der Waals surface area contributed by atoms with E-state index < -0.39 is 10.9 Å². The van der Waals surface area contributed by atoms with Gasteiger partial charge in [0.1, 0.15) is 5.75 Å². The van der Waals surface area contributed by atoms with Gasteiger partial charge >= 0.3 is 5.97 Å². The van der Waals surface area contributed by atoms with E-state index in [2.05, 4.69) is 5.32 Å². The van der Waals surface area contributed by atoms with Gasteiger partial charge in [0.25, 0.3) is 5.69 Å². The highest BCUT2D eigenvalue weighted by Crippen LogP contribution is 2.53. The molecule has 2 aromatic carbocycles. The van der Waals surface area contributed by atoms with Crippen LogP contribution < -0.4 is 10.1 Å². The molecule has 0 radical (unpaired) electrons. The zero-order valence-corrected chi connectivity index (χ0v) is 14.6. The number of methoxy groups -OCH3 is 1. The summed E-state index contributed by atoms with van der Waals surface area (Å²) in [5.74, 6) is -0.557. The standard InChI is InChI=1S/C20H18N2O5/c1-27-17-10-11(22(25)26)9-16-12-7-4-8-13(12)18(21-19(16)17)14-5-2-3-6-15(14)20(23)24/h2-7,9-10,12-13,18,21H,8H2,1H3,(H,23,24)/t12-,13-,18-/m0/s1. The molecular weight excluding hydrogens is 348 g/mol. The Bertz CT molecular complexity index is 969. The maximum atomic E-state index is 11.7. The third kappa shape index (κ3) is 2.71. The normalized spacial score (nSPS) is 22.5. The summed E-state index contributed by atoms with van der Waals surface area (Å²) in [5.41, 5.74) is 2.43. The van der Waals surface area contributed by atoms with Gasteiger partial charge in [0.05, 0.1) is 35.4 Å². The summed E-state index contributed by atoms with van der Waals surface area (Å²) in [4.78, 5) is 22.6. The van der Waals surface area contributed by atoms with E-state index in [1.807, 2.05) is 24.3 Å². The summed E-state index contributed by atoms with van der Waals surface area (Å²) in [5, 5.41) is 24.3. The Morgan fingerprint density at radius 1 is 1.30 bits per heavy atom. The van der Waals surface area contributed by atoms with Crippen LogP contribution in [0.3, 0.4) is 0 Å². The number of carboxylic acid groups (broad SMARTS) is 1. The zero-order chi connectivity index (χ0) is 19.1. The van der Waals surface area contributed by atoms with E-state index in [9.17, 15) is 20.0 Å². The molecule has 0 saturated heterocycles. The second-order valence-electron chi connectivity index (χ2n) is 6.74. The molecule has 2 aliphatic rings. The lowest BCUT2D eigenvalue weighted by atomic mass is 9.76. The molecule has 0 fully saturated rings. The van der Waals surface area contributed by atoms with Crippen molar-refractivity contribution in [2.75, 3.05) is 12.4 Å². The molecule has 2 N–H and O–H groups in total. The molecule has 0 unspecified atom stereocenters. The van der Waals surface area contributed by atoms with Crippen LogP contribution in [0.15, 0.2) is 48.6 Å². The molecule has 0 amide bonds. The van der Waals surface area contributed by atoms with Gasteiger partial charge in [-0.3, -0.25) is 10.1 Å². The second-order valence-corrected chi connectivity index (χ2v) is 6.74. The van der Waals surface area contributed by atoms with Crippen LogP contribution >= 0.6 is 0 Å². The van der Waals surface area contributed by atoms with E-state index >= 15 is 0 Å². The molecule has 27 heavy (non-hydrogen) atoms. The Balaban J connectivity index is 1.88. The Morgan fingerprint density at radius 3 is 2.78 bits per heavy atom. The van der Waals surface area contributed by atoms with E-state index in [1.54, 1.807) is 18.2 Å². The summed E-state index contributed by atoms with van der Waals surface area (Å²) in [7, 11) is 1.47. The van der Waals surface area contributed by atoms with Gasteiger partial charge in [0.2, 0.25) is 0 Å². The van der Waals surface area contributed by atoms with Crippen molar-refractivity contribution >= 4 is 17.3 Å². The highest BCUT2D eigenvalue weighted by atomic mass is 16.6. The molecule has 1 aliphatic heterocycles. The van der Waals surface area contributed by atoms with Crippen LogP contribution in [-0.2, 0) is 0 Å². The minimum atomic E-state index is -0.976. The fraction of sp³-hybridized carbons (Fsp3) is 0.250. The van der Waals surface area contributed by atoms with Crippen LogP contribution in [0.4, 0.5) is 11.4 Å². The number of ether oxygens (including phenoxy) is 1. The quantitative estimate of drug-likeness (QED) is 0.479. The van der Waals surface area contributed by atoms with Crippen LogP contribution in [0.25, 0.3) is 0 Å². The number of aromatic carboxylic acids is 1. The Morgan fingerprint density at radius 2 is 2.07 bits per heavy atom. The minimum absolute atomic E-state index is 0.0177. The summed E-state index contributed by atoms with van der Waals surface area (Å²) in [6.07, 6.45) is 4.86. The van der Waals surface area contributed by atoms with E-state index in [1.165, 1.54) is 13.2 Å². The number of allylic oxidation sites excluding steroid dienone is 2. The number of non-ortho nitro benzene ring substituents is 1. The second kappa shape index (κ2) is 6.42. The third-order valence-corrected chi connectivity index (χ3v) is 5.37. The van der Waals surface area contributed by atoms with Crippen molar-refractivity contribution in [2.24, 2.45) is 5.92 Å². The largest absolute Gasteiger partial charge is 0.494 e. The number of carbonyl (C=O) groups is 1.